The first kappa shape index (κ1) is 17.0. The summed E-state index contributed by atoms with van der Waals surface area (Å²) in [5, 5.41) is 4.61. The second-order valence-electron chi connectivity index (χ2n) is 5.49. The molecule has 2 N–H and O–H groups in total. The standard InChI is InChI=1S/C16H22N4O3/c1-12(21)13-3-5-14(6-4-13)20-9-7-19(8-10-20)11-15(22)18-16(23)17-2/h3-6H,7-11H2,1-2H3,(H2,17,18,22,23). The van der Waals surface area contributed by atoms with Crippen LogP contribution in [0.2, 0.25) is 0 Å². The van der Waals surface area contributed by atoms with Crippen molar-refractivity contribution in [2.75, 3.05) is 44.7 Å². The van der Waals surface area contributed by atoms with Crippen LogP contribution in [0.4, 0.5) is 10.5 Å². The van der Waals surface area contributed by atoms with Gasteiger partial charge in [0.25, 0.3) is 0 Å². The topological polar surface area (TPSA) is 81.8 Å². The Hall–Kier alpha value is -2.41. The zero-order valence-corrected chi connectivity index (χ0v) is 13.5. The molecule has 0 aliphatic carbocycles. The molecule has 1 aliphatic rings. The lowest BCUT2D eigenvalue weighted by Gasteiger charge is -2.35. The summed E-state index contributed by atoms with van der Waals surface area (Å²) in [7, 11) is 1.47. The second kappa shape index (κ2) is 7.73. The van der Waals surface area contributed by atoms with E-state index in [0.717, 1.165) is 31.9 Å². The Labute approximate surface area is 135 Å². The first-order chi connectivity index (χ1) is 11.0. The van der Waals surface area contributed by atoms with Crippen molar-refractivity contribution in [2.45, 2.75) is 6.92 Å². The van der Waals surface area contributed by atoms with E-state index >= 15 is 0 Å². The summed E-state index contributed by atoms with van der Waals surface area (Å²) >= 11 is 0. The second-order valence-corrected chi connectivity index (χ2v) is 5.49. The maximum atomic E-state index is 11.7. The van der Waals surface area contributed by atoms with Gasteiger partial charge in [0.15, 0.2) is 5.78 Å². The van der Waals surface area contributed by atoms with Gasteiger partial charge in [0.1, 0.15) is 0 Å². The predicted molar refractivity (Wildman–Crippen MR) is 87.7 cm³/mol. The van der Waals surface area contributed by atoms with Crippen LogP contribution in [-0.2, 0) is 4.79 Å². The van der Waals surface area contributed by atoms with E-state index in [0.29, 0.717) is 5.56 Å². The smallest absolute Gasteiger partial charge is 0.321 e. The molecule has 0 atom stereocenters. The molecule has 1 fully saturated rings. The summed E-state index contributed by atoms with van der Waals surface area (Å²) in [5.74, 6) is -0.243. The number of benzene rings is 1. The minimum Gasteiger partial charge on any atom is -0.369 e. The van der Waals surface area contributed by atoms with E-state index in [1.54, 1.807) is 6.92 Å². The van der Waals surface area contributed by atoms with Crippen molar-refractivity contribution >= 4 is 23.4 Å². The minimum atomic E-state index is -0.487. The molecule has 1 aromatic rings. The van der Waals surface area contributed by atoms with Crippen molar-refractivity contribution in [3.05, 3.63) is 29.8 Å². The average molecular weight is 318 g/mol. The van der Waals surface area contributed by atoms with E-state index < -0.39 is 6.03 Å². The molecule has 0 bridgehead atoms. The molecule has 1 heterocycles. The SMILES string of the molecule is CNC(=O)NC(=O)CN1CCN(c2ccc(C(C)=O)cc2)CC1. The van der Waals surface area contributed by atoms with E-state index in [-0.39, 0.29) is 18.2 Å². The molecular weight excluding hydrogens is 296 g/mol. The predicted octanol–water partition coefficient (Wildman–Crippen LogP) is 0.467. The molecule has 0 aromatic heterocycles. The highest BCUT2D eigenvalue weighted by Gasteiger charge is 2.19. The summed E-state index contributed by atoms with van der Waals surface area (Å²) in [4.78, 5) is 38.3. The molecule has 0 unspecified atom stereocenters. The number of imide groups is 1. The number of hydrogen-bond acceptors (Lipinski definition) is 5. The summed E-state index contributed by atoms with van der Waals surface area (Å²) in [6, 6.07) is 7.08. The van der Waals surface area contributed by atoms with Gasteiger partial charge in [0.05, 0.1) is 6.54 Å². The first-order valence-electron chi connectivity index (χ1n) is 7.59. The van der Waals surface area contributed by atoms with E-state index in [4.69, 9.17) is 0 Å². The van der Waals surface area contributed by atoms with Crippen molar-refractivity contribution in [1.82, 2.24) is 15.5 Å². The van der Waals surface area contributed by atoms with Gasteiger partial charge in [-0.25, -0.2) is 4.79 Å². The van der Waals surface area contributed by atoms with Crippen LogP contribution in [0.15, 0.2) is 24.3 Å². The number of Topliss-reactive ketones (excluding diaryl/α,β-unsaturated/α-hetero) is 1. The molecule has 23 heavy (non-hydrogen) atoms. The number of amides is 3. The summed E-state index contributed by atoms with van der Waals surface area (Å²) < 4.78 is 0. The highest BCUT2D eigenvalue weighted by molar-refractivity contribution is 5.95. The van der Waals surface area contributed by atoms with Crippen LogP contribution < -0.4 is 15.5 Å². The van der Waals surface area contributed by atoms with E-state index in [1.807, 2.05) is 29.2 Å². The zero-order chi connectivity index (χ0) is 16.8. The third kappa shape index (κ3) is 4.79. The molecular formula is C16H22N4O3. The van der Waals surface area contributed by atoms with Crippen molar-refractivity contribution in [2.24, 2.45) is 0 Å². The number of piperazine rings is 1. The fourth-order valence-electron chi connectivity index (χ4n) is 2.50. The molecule has 1 aromatic carbocycles. The molecule has 1 saturated heterocycles. The highest BCUT2D eigenvalue weighted by Crippen LogP contribution is 2.17. The highest BCUT2D eigenvalue weighted by atomic mass is 16.2. The van der Waals surface area contributed by atoms with Gasteiger partial charge in [0.2, 0.25) is 5.91 Å². The minimum absolute atomic E-state index is 0.0588. The van der Waals surface area contributed by atoms with Gasteiger partial charge in [-0.05, 0) is 31.2 Å². The monoisotopic (exact) mass is 318 g/mol. The lowest BCUT2D eigenvalue weighted by Crippen LogP contribution is -2.50. The molecule has 1 aliphatic heterocycles. The van der Waals surface area contributed by atoms with Crippen molar-refractivity contribution in [3.8, 4) is 0 Å². The van der Waals surface area contributed by atoms with Crippen molar-refractivity contribution < 1.29 is 14.4 Å². The van der Waals surface area contributed by atoms with E-state index in [1.165, 1.54) is 7.05 Å². The molecule has 0 saturated carbocycles. The Balaban J connectivity index is 1.82. The van der Waals surface area contributed by atoms with Crippen LogP contribution in [-0.4, -0.2) is 62.4 Å². The summed E-state index contributed by atoms with van der Waals surface area (Å²) in [5.41, 5.74) is 1.78. The molecule has 0 radical (unpaired) electrons. The molecule has 3 amide bonds. The zero-order valence-electron chi connectivity index (χ0n) is 13.5. The number of anilines is 1. The van der Waals surface area contributed by atoms with Gasteiger partial charge >= 0.3 is 6.03 Å². The van der Waals surface area contributed by atoms with Crippen molar-refractivity contribution in [1.29, 1.82) is 0 Å². The quantitative estimate of drug-likeness (QED) is 0.789. The third-order valence-electron chi connectivity index (χ3n) is 3.86. The van der Waals surface area contributed by atoms with Gasteiger partial charge in [-0.15, -0.1) is 0 Å². The number of carbonyl (C=O) groups is 3. The van der Waals surface area contributed by atoms with Gasteiger partial charge < -0.3 is 10.2 Å². The van der Waals surface area contributed by atoms with E-state index in [2.05, 4.69) is 15.5 Å². The Morgan fingerprint density at radius 3 is 2.17 bits per heavy atom. The largest absolute Gasteiger partial charge is 0.369 e. The molecule has 2 rings (SSSR count). The van der Waals surface area contributed by atoms with Crippen molar-refractivity contribution in [3.63, 3.8) is 0 Å². The third-order valence-corrected chi connectivity index (χ3v) is 3.86. The Bertz CT molecular complexity index is 577. The van der Waals surface area contributed by atoms with Gasteiger partial charge in [-0.2, -0.15) is 0 Å². The Morgan fingerprint density at radius 2 is 1.65 bits per heavy atom. The van der Waals surface area contributed by atoms with E-state index in [9.17, 15) is 14.4 Å². The number of carbonyl (C=O) groups excluding carboxylic acids is 3. The van der Waals surface area contributed by atoms with Crippen LogP contribution >= 0.6 is 0 Å². The lowest BCUT2D eigenvalue weighted by atomic mass is 10.1. The van der Waals surface area contributed by atoms with Crippen LogP contribution in [0.25, 0.3) is 0 Å². The van der Waals surface area contributed by atoms with Crippen LogP contribution in [0.5, 0.6) is 0 Å². The fraction of sp³-hybridized carbons (Fsp3) is 0.438. The molecule has 124 valence electrons. The number of nitrogens with one attached hydrogen (secondary N) is 2. The number of ketones is 1. The van der Waals surface area contributed by atoms with Gasteiger partial charge in [-0.1, -0.05) is 0 Å². The normalized spacial score (nSPS) is 15.1. The fourth-order valence-corrected chi connectivity index (χ4v) is 2.50. The maximum Gasteiger partial charge on any atom is 0.321 e. The molecule has 0 spiro atoms. The number of rotatable bonds is 4. The van der Waals surface area contributed by atoms with Crippen LogP contribution in [0.3, 0.4) is 0 Å². The van der Waals surface area contributed by atoms with Crippen LogP contribution in [0.1, 0.15) is 17.3 Å². The van der Waals surface area contributed by atoms with Crippen LogP contribution in [0, 0.1) is 0 Å². The maximum absolute atomic E-state index is 11.7. The average Bonchev–Trinajstić information content (AvgIpc) is 2.55. The Morgan fingerprint density at radius 1 is 1.04 bits per heavy atom. The number of urea groups is 1. The molecule has 7 heteroatoms. The summed E-state index contributed by atoms with van der Waals surface area (Å²) in [6.45, 7) is 4.85. The summed E-state index contributed by atoms with van der Waals surface area (Å²) in [6.07, 6.45) is 0. The first-order valence-corrected chi connectivity index (χ1v) is 7.59. The molecule has 7 nitrogen and oxygen atoms in total. The lowest BCUT2D eigenvalue weighted by molar-refractivity contribution is -0.121. The van der Waals surface area contributed by atoms with Gasteiger partial charge in [-0.3, -0.25) is 19.8 Å². The Kier molecular flexibility index (Phi) is 5.70. The van der Waals surface area contributed by atoms with Gasteiger partial charge in [0, 0.05) is 44.5 Å². The number of nitrogens with zero attached hydrogens (tertiary/aromatic N) is 2. The number of hydrogen-bond donors (Lipinski definition) is 2.